The van der Waals surface area contributed by atoms with Crippen LogP contribution >= 0.6 is 11.6 Å². The summed E-state index contributed by atoms with van der Waals surface area (Å²) < 4.78 is 0. The Balaban J connectivity index is 3.67. The fraction of sp³-hybridized carbons (Fsp3) is 0. The second-order valence-corrected chi connectivity index (χ2v) is 3.21. The molecule has 7 nitrogen and oxygen atoms in total. The Morgan fingerprint density at radius 2 is 1.88 bits per heavy atom. The number of nitrogens with two attached hydrogens (primary N) is 1. The standard InChI is InChI=1S/C8H5ClN2O5/c9-3-1-4(7(10)12)6(11(15)16)5(2-3)8(13)14/h1-2H,(H2,10,12)(H,13,14). The van der Waals surface area contributed by atoms with Crippen molar-refractivity contribution < 1.29 is 19.6 Å². The van der Waals surface area contributed by atoms with Gasteiger partial charge in [-0.3, -0.25) is 14.9 Å². The van der Waals surface area contributed by atoms with Crippen LogP contribution in [0, 0.1) is 10.1 Å². The van der Waals surface area contributed by atoms with Gasteiger partial charge in [-0.15, -0.1) is 0 Å². The molecule has 0 radical (unpaired) electrons. The van der Waals surface area contributed by atoms with Gasteiger partial charge < -0.3 is 10.8 Å². The zero-order valence-corrected chi connectivity index (χ0v) is 8.39. The first-order valence-corrected chi connectivity index (χ1v) is 4.23. The number of aromatic carboxylic acids is 1. The molecule has 0 heterocycles. The third kappa shape index (κ3) is 2.09. The second-order valence-electron chi connectivity index (χ2n) is 2.78. The van der Waals surface area contributed by atoms with Crippen LogP contribution in [0.2, 0.25) is 5.02 Å². The van der Waals surface area contributed by atoms with Crippen molar-refractivity contribution in [2.45, 2.75) is 0 Å². The van der Waals surface area contributed by atoms with Crippen molar-refractivity contribution in [3.05, 3.63) is 38.4 Å². The first-order chi connectivity index (χ1) is 7.34. The van der Waals surface area contributed by atoms with Gasteiger partial charge in [-0.2, -0.15) is 0 Å². The van der Waals surface area contributed by atoms with Gasteiger partial charge in [0, 0.05) is 5.02 Å². The molecule has 0 unspecified atom stereocenters. The van der Waals surface area contributed by atoms with Gasteiger partial charge in [-0.25, -0.2) is 4.79 Å². The van der Waals surface area contributed by atoms with Crippen molar-refractivity contribution in [2.75, 3.05) is 0 Å². The minimum absolute atomic E-state index is 0.114. The molecule has 0 saturated carbocycles. The van der Waals surface area contributed by atoms with Crippen molar-refractivity contribution in [3.63, 3.8) is 0 Å². The van der Waals surface area contributed by atoms with E-state index in [0.717, 1.165) is 12.1 Å². The molecule has 3 N–H and O–H groups in total. The van der Waals surface area contributed by atoms with E-state index in [1.54, 1.807) is 0 Å². The van der Waals surface area contributed by atoms with E-state index < -0.39 is 33.6 Å². The van der Waals surface area contributed by atoms with Gasteiger partial charge in [0.2, 0.25) is 0 Å². The monoisotopic (exact) mass is 244 g/mol. The highest BCUT2D eigenvalue weighted by atomic mass is 35.5. The van der Waals surface area contributed by atoms with Crippen LogP contribution in [0.3, 0.4) is 0 Å². The lowest BCUT2D eigenvalue weighted by molar-refractivity contribution is -0.385. The number of nitro benzene ring substituents is 1. The number of hydrogen-bond donors (Lipinski definition) is 2. The van der Waals surface area contributed by atoms with E-state index in [-0.39, 0.29) is 5.02 Å². The SMILES string of the molecule is NC(=O)c1cc(Cl)cc(C(=O)O)c1[N+](=O)[O-]. The molecule has 84 valence electrons. The van der Waals surface area contributed by atoms with E-state index >= 15 is 0 Å². The molecule has 0 bridgehead atoms. The largest absolute Gasteiger partial charge is 0.477 e. The first kappa shape index (κ1) is 11.9. The number of carbonyl (C=O) groups is 2. The van der Waals surface area contributed by atoms with Gasteiger partial charge in [-0.1, -0.05) is 11.6 Å². The molecular formula is C8H5ClN2O5. The summed E-state index contributed by atoms with van der Waals surface area (Å²) in [5.41, 5.74) is 2.83. The van der Waals surface area contributed by atoms with Crippen LogP contribution in [0.4, 0.5) is 5.69 Å². The lowest BCUT2D eigenvalue weighted by atomic mass is 10.1. The van der Waals surface area contributed by atoms with E-state index in [2.05, 4.69) is 0 Å². The highest BCUT2D eigenvalue weighted by Crippen LogP contribution is 2.27. The lowest BCUT2D eigenvalue weighted by Gasteiger charge is -2.03. The van der Waals surface area contributed by atoms with Gasteiger partial charge in [0.25, 0.3) is 11.6 Å². The molecule has 0 aliphatic heterocycles. The number of halogens is 1. The van der Waals surface area contributed by atoms with Gasteiger partial charge in [0.05, 0.1) is 4.92 Å². The topological polar surface area (TPSA) is 124 Å². The van der Waals surface area contributed by atoms with Crippen LogP contribution in [0.25, 0.3) is 0 Å². The Hall–Kier alpha value is -2.15. The van der Waals surface area contributed by atoms with E-state index in [0.29, 0.717) is 0 Å². The van der Waals surface area contributed by atoms with Crippen LogP contribution in [-0.4, -0.2) is 21.9 Å². The zero-order valence-electron chi connectivity index (χ0n) is 7.64. The number of rotatable bonds is 3. The van der Waals surface area contributed by atoms with Crippen molar-refractivity contribution >= 4 is 29.2 Å². The summed E-state index contributed by atoms with van der Waals surface area (Å²) in [7, 11) is 0. The molecule has 1 aromatic rings. The quantitative estimate of drug-likeness (QED) is 0.607. The third-order valence-electron chi connectivity index (χ3n) is 1.75. The minimum Gasteiger partial charge on any atom is -0.477 e. The van der Waals surface area contributed by atoms with Gasteiger partial charge in [0.1, 0.15) is 11.1 Å². The van der Waals surface area contributed by atoms with Crippen molar-refractivity contribution in [1.82, 2.24) is 0 Å². The molecule has 1 amide bonds. The number of nitrogens with zero attached hydrogens (tertiary/aromatic N) is 1. The Kier molecular flexibility index (Phi) is 3.09. The Bertz CT molecular complexity index is 464. The van der Waals surface area contributed by atoms with Crippen molar-refractivity contribution in [1.29, 1.82) is 0 Å². The predicted octanol–water partition coefficient (Wildman–Crippen LogP) is 1.05. The zero-order chi connectivity index (χ0) is 12.5. The fourth-order valence-corrected chi connectivity index (χ4v) is 1.37. The fourth-order valence-electron chi connectivity index (χ4n) is 1.15. The number of benzene rings is 1. The highest BCUT2D eigenvalue weighted by molar-refractivity contribution is 6.31. The number of nitro groups is 1. The first-order valence-electron chi connectivity index (χ1n) is 3.85. The number of carbonyl (C=O) groups excluding carboxylic acids is 1. The van der Waals surface area contributed by atoms with Gasteiger partial charge in [-0.05, 0) is 12.1 Å². The smallest absolute Gasteiger partial charge is 0.342 e. The van der Waals surface area contributed by atoms with Crippen molar-refractivity contribution in [2.24, 2.45) is 5.73 Å². The van der Waals surface area contributed by atoms with Crippen LogP contribution < -0.4 is 5.73 Å². The molecule has 16 heavy (non-hydrogen) atoms. The van der Waals surface area contributed by atoms with E-state index in [1.165, 1.54) is 0 Å². The van der Waals surface area contributed by atoms with E-state index in [1.807, 2.05) is 0 Å². The number of amides is 1. The molecular weight excluding hydrogens is 240 g/mol. The Morgan fingerprint density at radius 1 is 1.38 bits per heavy atom. The molecule has 0 fully saturated rings. The highest BCUT2D eigenvalue weighted by Gasteiger charge is 2.27. The summed E-state index contributed by atoms with van der Waals surface area (Å²) in [5, 5.41) is 19.3. The summed E-state index contributed by atoms with van der Waals surface area (Å²) >= 11 is 5.52. The number of carboxylic acids is 1. The van der Waals surface area contributed by atoms with Crippen LogP contribution in [0.15, 0.2) is 12.1 Å². The van der Waals surface area contributed by atoms with Gasteiger partial charge >= 0.3 is 5.97 Å². The lowest BCUT2D eigenvalue weighted by Crippen LogP contribution is -2.16. The van der Waals surface area contributed by atoms with Gasteiger partial charge in [0.15, 0.2) is 0 Å². The van der Waals surface area contributed by atoms with Crippen LogP contribution in [-0.2, 0) is 0 Å². The number of primary amides is 1. The molecule has 1 aromatic carbocycles. The number of carboxylic acid groups (broad SMARTS) is 1. The van der Waals surface area contributed by atoms with Crippen LogP contribution in [0.1, 0.15) is 20.7 Å². The Labute approximate surface area is 93.6 Å². The third-order valence-corrected chi connectivity index (χ3v) is 1.97. The molecule has 0 atom stereocenters. The second kappa shape index (κ2) is 4.15. The summed E-state index contributed by atoms with van der Waals surface area (Å²) in [4.78, 5) is 31.3. The molecule has 0 aromatic heterocycles. The maximum absolute atomic E-state index is 10.9. The molecule has 0 saturated heterocycles. The van der Waals surface area contributed by atoms with E-state index in [4.69, 9.17) is 22.4 Å². The molecule has 8 heteroatoms. The molecule has 1 rings (SSSR count). The normalized spacial score (nSPS) is 9.81. The summed E-state index contributed by atoms with van der Waals surface area (Å²) in [6, 6.07) is 1.84. The average molecular weight is 245 g/mol. The van der Waals surface area contributed by atoms with Crippen LogP contribution in [0.5, 0.6) is 0 Å². The summed E-state index contributed by atoms with van der Waals surface area (Å²) in [6.07, 6.45) is 0. The molecule has 0 aliphatic carbocycles. The molecule has 0 spiro atoms. The van der Waals surface area contributed by atoms with E-state index in [9.17, 15) is 19.7 Å². The predicted molar refractivity (Wildman–Crippen MR) is 53.6 cm³/mol. The summed E-state index contributed by atoms with van der Waals surface area (Å²) in [6.45, 7) is 0. The average Bonchev–Trinajstić information content (AvgIpc) is 2.15. The Morgan fingerprint density at radius 3 is 2.25 bits per heavy atom. The number of hydrogen-bond acceptors (Lipinski definition) is 4. The summed E-state index contributed by atoms with van der Waals surface area (Å²) in [5.74, 6) is -2.67. The maximum Gasteiger partial charge on any atom is 0.342 e. The minimum atomic E-state index is -1.56. The van der Waals surface area contributed by atoms with Crippen molar-refractivity contribution in [3.8, 4) is 0 Å². The molecule has 0 aliphatic rings. The maximum atomic E-state index is 10.9.